The van der Waals surface area contributed by atoms with E-state index >= 15 is 0 Å². The lowest BCUT2D eigenvalue weighted by molar-refractivity contribution is 0.255. The summed E-state index contributed by atoms with van der Waals surface area (Å²) in [6.07, 6.45) is 2.05. The van der Waals surface area contributed by atoms with Crippen molar-refractivity contribution in [3.8, 4) is 11.5 Å². The van der Waals surface area contributed by atoms with Crippen LogP contribution in [0, 0.1) is 5.92 Å². The third-order valence-electron chi connectivity index (χ3n) is 5.24. The molecule has 0 radical (unpaired) electrons. The summed E-state index contributed by atoms with van der Waals surface area (Å²) in [5.74, 6) is 2.43. The Morgan fingerprint density at radius 3 is 2.71 bits per heavy atom. The first kappa shape index (κ1) is 24.8. The Balaban J connectivity index is 0.00000392. The Morgan fingerprint density at radius 2 is 2.07 bits per heavy atom. The molecule has 0 bridgehead atoms. The number of guanidine groups is 1. The number of nitrogens with one attached hydrogen (secondary N) is 1. The van der Waals surface area contributed by atoms with Crippen LogP contribution in [0.1, 0.15) is 32.8 Å². The molecule has 1 heterocycles. The monoisotopic (exact) mass is 504 g/mol. The molecular formula is C21H37IN4O2. The van der Waals surface area contributed by atoms with Crippen LogP contribution >= 0.6 is 24.0 Å². The average molecular weight is 504 g/mol. The Kier molecular flexibility index (Phi) is 11.6. The average Bonchev–Trinajstić information content (AvgIpc) is 3.15. The highest BCUT2D eigenvalue weighted by Crippen LogP contribution is 2.26. The van der Waals surface area contributed by atoms with E-state index in [0.29, 0.717) is 12.3 Å². The number of hydrogen-bond donors (Lipinski definition) is 2. The molecule has 28 heavy (non-hydrogen) atoms. The minimum atomic E-state index is 0. The number of halogens is 1. The third-order valence-corrected chi connectivity index (χ3v) is 5.24. The molecule has 7 heteroatoms. The molecule has 0 amide bonds. The van der Waals surface area contributed by atoms with Crippen molar-refractivity contribution >= 4 is 29.9 Å². The van der Waals surface area contributed by atoms with Crippen molar-refractivity contribution in [2.24, 2.45) is 10.9 Å². The lowest BCUT2D eigenvalue weighted by atomic mass is 10.1. The van der Waals surface area contributed by atoms with E-state index in [0.717, 1.165) is 56.6 Å². The molecule has 1 fully saturated rings. The molecule has 1 unspecified atom stereocenters. The van der Waals surface area contributed by atoms with Crippen molar-refractivity contribution in [3.63, 3.8) is 0 Å². The van der Waals surface area contributed by atoms with Crippen LogP contribution in [-0.4, -0.2) is 73.8 Å². The first-order valence-corrected chi connectivity index (χ1v) is 10.2. The van der Waals surface area contributed by atoms with Gasteiger partial charge in [0, 0.05) is 32.7 Å². The molecule has 2 rings (SSSR count). The summed E-state index contributed by atoms with van der Waals surface area (Å²) in [5.41, 5.74) is 1.12. The van der Waals surface area contributed by atoms with Gasteiger partial charge < -0.3 is 25.0 Å². The van der Waals surface area contributed by atoms with Crippen molar-refractivity contribution in [1.29, 1.82) is 0 Å². The number of ether oxygens (including phenoxy) is 1. The van der Waals surface area contributed by atoms with Gasteiger partial charge in [0.05, 0.1) is 7.11 Å². The van der Waals surface area contributed by atoms with Crippen molar-refractivity contribution in [2.45, 2.75) is 33.6 Å². The van der Waals surface area contributed by atoms with Crippen LogP contribution in [0.25, 0.3) is 0 Å². The quantitative estimate of drug-likeness (QED) is 0.308. The van der Waals surface area contributed by atoms with Gasteiger partial charge >= 0.3 is 0 Å². The molecule has 1 atom stereocenters. The van der Waals surface area contributed by atoms with Crippen molar-refractivity contribution in [1.82, 2.24) is 15.1 Å². The Bertz CT molecular complexity index is 608. The molecule has 1 aromatic carbocycles. The number of methoxy groups -OCH3 is 1. The second-order valence-corrected chi connectivity index (χ2v) is 7.08. The maximum Gasteiger partial charge on any atom is 0.193 e. The summed E-state index contributed by atoms with van der Waals surface area (Å²) < 4.78 is 5.18. The van der Waals surface area contributed by atoms with E-state index in [1.54, 1.807) is 13.2 Å². The summed E-state index contributed by atoms with van der Waals surface area (Å²) in [6.45, 7) is 13.8. The third kappa shape index (κ3) is 7.31. The molecule has 160 valence electrons. The fraction of sp³-hybridized carbons (Fsp3) is 0.667. The van der Waals surface area contributed by atoms with E-state index in [2.05, 4.69) is 35.9 Å². The van der Waals surface area contributed by atoms with E-state index < -0.39 is 0 Å². The molecule has 0 aromatic heterocycles. The largest absolute Gasteiger partial charge is 0.504 e. The molecule has 0 saturated carbocycles. The minimum absolute atomic E-state index is 0. The van der Waals surface area contributed by atoms with Gasteiger partial charge in [-0.1, -0.05) is 19.9 Å². The standard InChI is InChI=1S/C21H36N4O2.HI/c1-5-22-21(25-13-11-18(16-25)15-24(6-2)7-3)23-12-10-17-8-9-19(26)20(14-17)27-4;/h8-9,14,18,26H,5-7,10-13,15-16H2,1-4H3,(H,22,23);1H. The summed E-state index contributed by atoms with van der Waals surface area (Å²) >= 11 is 0. The number of aliphatic imine (C=N–C) groups is 1. The van der Waals surface area contributed by atoms with Gasteiger partial charge in [0.2, 0.25) is 0 Å². The van der Waals surface area contributed by atoms with Gasteiger partial charge in [-0.05, 0) is 56.5 Å². The first-order valence-electron chi connectivity index (χ1n) is 10.2. The fourth-order valence-electron chi connectivity index (χ4n) is 3.62. The molecule has 0 spiro atoms. The summed E-state index contributed by atoms with van der Waals surface area (Å²) in [5, 5.41) is 13.2. The van der Waals surface area contributed by atoms with Crippen LogP contribution in [0.2, 0.25) is 0 Å². The zero-order valence-electron chi connectivity index (χ0n) is 17.8. The van der Waals surface area contributed by atoms with Crippen LogP contribution in [0.5, 0.6) is 11.5 Å². The highest BCUT2D eigenvalue weighted by atomic mass is 127. The van der Waals surface area contributed by atoms with E-state index in [4.69, 9.17) is 9.73 Å². The number of phenolic OH excluding ortho intramolecular Hbond substituents is 1. The summed E-state index contributed by atoms with van der Waals surface area (Å²) in [4.78, 5) is 9.75. The van der Waals surface area contributed by atoms with Gasteiger partial charge in [-0.25, -0.2) is 0 Å². The Morgan fingerprint density at radius 1 is 1.32 bits per heavy atom. The van der Waals surface area contributed by atoms with Gasteiger partial charge in [0.15, 0.2) is 17.5 Å². The lowest BCUT2D eigenvalue weighted by Crippen LogP contribution is -2.41. The molecule has 2 N–H and O–H groups in total. The number of hydrogen-bond acceptors (Lipinski definition) is 4. The predicted molar refractivity (Wildman–Crippen MR) is 127 cm³/mol. The van der Waals surface area contributed by atoms with E-state index in [1.165, 1.54) is 13.0 Å². The van der Waals surface area contributed by atoms with Gasteiger partial charge in [-0.15, -0.1) is 24.0 Å². The lowest BCUT2D eigenvalue weighted by Gasteiger charge is -2.24. The number of likely N-dealkylation sites (tertiary alicyclic amines) is 1. The molecule has 1 aliphatic heterocycles. The van der Waals surface area contributed by atoms with Crippen LogP contribution in [0.3, 0.4) is 0 Å². The van der Waals surface area contributed by atoms with Crippen LogP contribution in [0.15, 0.2) is 23.2 Å². The number of nitrogens with zero attached hydrogens (tertiary/aromatic N) is 3. The van der Waals surface area contributed by atoms with Crippen molar-refractivity contribution < 1.29 is 9.84 Å². The normalized spacial score (nSPS) is 17.0. The number of aromatic hydroxyl groups is 1. The van der Waals surface area contributed by atoms with Crippen LogP contribution < -0.4 is 10.1 Å². The number of rotatable bonds is 9. The second-order valence-electron chi connectivity index (χ2n) is 7.08. The Hall–Kier alpha value is -1.22. The summed E-state index contributed by atoms with van der Waals surface area (Å²) in [6, 6.07) is 5.49. The van der Waals surface area contributed by atoms with Gasteiger partial charge in [-0.3, -0.25) is 4.99 Å². The number of phenols is 1. The first-order chi connectivity index (χ1) is 13.1. The van der Waals surface area contributed by atoms with E-state index in [1.807, 2.05) is 12.1 Å². The molecule has 0 aliphatic carbocycles. The Labute approximate surface area is 187 Å². The predicted octanol–water partition coefficient (Wildman–Crippen LogP) is 3.19. The van der Waals surface area contributed by atoms with Crippen LogP contribution in [0.4, 0.5) is 0 Å². The van der Waals surface area contributed by atoms with E-state index in [9.17, 15) is 5.11 Å². The van der Waals surface area contributed by atoms with Gasteiger partial charge in [-0.2, -0.15) is 0 Å². The van der Waals surface area contributed by atoms with Gasteiger partial charge in [0.25, 0.3) is 0 Å². The maximum absolute atomic E-state index is 9.71. The second kappa shape index (κ2) is 13.1. The molecule has 6 nitrogen and oxygen atoms in total. The molecule has 1 aromatic rings. The smallest absolute Gasteiger partial charge is 0.193 e. The van der Waals surface area contributed by atoms with Gasteiger partial charge in [0.1, 0.15) is 0 Å². The van der Waals surface area contributed by atoms with E-state index in [-0.39, 0.29) is 29.7 Å². The van der Waals surface area contributed by atoms with Crippen LogP contribution in [-0.2, 0) is 6.42 Å². The zero-order chi connectivity index (χ0) is 19.6. The molecule has 1 aliphatic rings. The highest BCUT2D eigenvalue weighted by molar-refractivity contribution is 14.0. The highest BCUT2D eigenvalue weighted by Gasteiger charge is 2.25. The number of benzene rings is 1. The summed E-state index contributed by atoms with van der Waals surface area (Å²) in [7, 11) is 1.57. The topological polar surface area (TPSA) is 60.3 Å². The molecular weight excluding hydrogens is 467 g/mol. The minimum Gasteiger partial charge on any atom is -0.504 e. The zero-order valence-corrected chi connectivity index (χ0v) is 20.1. The fourth-order valence-corrected chi connectivity index (χ4v) is 3.62. The molecule has 1 saturated heterocycles. The van der Waals surface area contributed by atoms with Crippen molar-refractivity contribution in [3.05, 3.63) is 23.8 Å². The SMILES string of the molecule is CCNC(=NCCc1ccc(O)c(OC)c1)N1CCC(CN(CC)CC)C1.I. The van der Waals surface area contributed by atoms with Crippen molar-refractivity contribution in [2.75, 3.05) is 52.9 Å². The maximum atomic E-state index is 9.71.